The molecule has 1 aromatic carbocycles. The molecular formula is C12H8ClF3N6O. The summed E-state index contributed by atoms with van der Waals surface area (Å²) in [5.74, 6) is -0.0282. The van der Waals surface area contributed by atoms with Gasteiger partial charge in [-0.1, -0.05) is 17.7 Å². The second-order valence-electron chi connectivity index (χ2n) is 4.66. The zero-order valence-corrected chi connectivity index (χ0v) is 12.1. The van der Waals surface area contributed by atoms with E-state index in [2.05, 4.69) is 20.4 Å². The molecule has 3 aromatic rings. The number of benzene rings is 1. The van der Waals surface area contributed by atoms with Crippen molar-refractivity contribution < 1.29 is 13.2 Å². The van der Waals surface area contributed by atoms with Gasteiger partial charge in [-0.2, -0.15) is 18.0 Å². The Hall–Kier alpha value is -2.49. The minimum Gasteiger partial charge on any atom is -0.291 e. The molecule has 0 atom stereocenters. The molecule has 2 aromatic heterocycles. The van der Waals surface area contributed by atoms with E-state index in [-0.39, 0.29) is 12.4 Å². The van der Waals surface area contributed by atoms with E-state index in [0.717, 1.165) is 0 Å². The zero-order chi connectivity index (χ0) is 16.6. The molecule has 0 amide bonds. The third-order valence-corrected chi connectivity index (χ3v) is 3.24. The van der Waals surface area contributed by atoms with Crippen LogP contribution in [0.5, 0.6) is 0 Å². The van der Waals surface area contributed by atoms with Gasteiger partial charge in [0.05, 0.1) is 28.8 Å². The number of para-hydroxylation sites is 1. The lowest BCUT2D eigenvalue weighted by Crippen LogP contribution is -2.22. The maximum Gasteiger partial charge on any atom is 0.409 e. The van der Waals surface area contributed by atoms with Gasteiger partial charge < -0.3 is 0 Å². The highest BCUT2D eigenvalue weighted by Crippen LogP contribution is 2.18. The maximum absolute atomic E-state index is 12.3. The van der Waals surface area contributed by atoms with E-state index in [1.165, 1.54) is 10.9 Å². The molecule has 23 heavy (non-hydrogen) atoms. The number of alkyl halides is 3. The van der Waals surface area contributed by atoms with Gasteiger partial charge in [0.2, 0.25) is 0 Å². The summed E-state index contributed by atoms with van der Waals surface area (Å²) >= 11 is 5.95. The van der Waals surface area contributed by atoms with Crippen LogP contribution in [0.3, 0.4) is 0 Å². The van der Waals surface area contributed by atoms with Crippen molar-refractivity contribution in [2.24, 2.45) is 0 Å². The molecule has 0 saturated heterocycles. The molecule has 0 unspecified atom stereocenters. The van der Waals surface area contributed by atoms with Crippen LogP contribution in [-0.2, 0) is 13.1 Å². The highest BCUT2D eigenvalue weighted by atomic mass is 35.5. The van der Waals surface area contributed by atoms with E-state index < -0.39 is 18.3 Å². The number of hydrogen-bond donors (Lipinski definition) is 0. The Morgan fingerprint density at radius 1 is 1.26 bits per heavy atom. The van der Waals surface area contributed by atoms with E-state index in [1.54, 1.807) is 18.2 Å². The lowest BCUT2D eigenvalue weighted by atomic mass is 10.2. The summed E-state index contributed by atoms with van der Waals surface area (Å²) in [5.41, 5.74) is -0.0474. The van der Waals surface area contributed by atoms with Crippen LogP contribution in [0, 0.1) is 0 Å². The minimum atomic E-state index is -4.45. The van der Waals surface area contributed by atoms with Gasteiger partial charge in [0.15, 0.2) is 12.4 Å². The second-order valence-corrected chi connectivity index (χ2v) is 5.07. The predicted molar refractivity (Wildman–Crippen MR) is 74.0 cm³/mol. The molecule has 0 spiro atoms. The highest BCUT2D eigenvalue weighted by molar-refractivity contribution is 6.34. The van der Waals surface area contributed by atoms with Crippen LogP contribution in [0.4, 0.5) is 13.2 Å². The number of nitrogens with zero attached hydrogens (tertiary/aromatic N) is 6. The van der Waals surface area contributed by atoms with Gasteiger partial charge >= 0.3 is 6.18 Å². The van der Waals surface area contributed by atoms with Gasteiger partial charge in [-0.05, 0) is 17.3 Å². The number of halogens is 4. The summed E-state index contributed by atoms with van der Waals surface area (Å²) in [6.07, 6.45) is -3.21. The topological polar surface area (TPSA) is 78.5 Å². The molecule has 0 aliphatic heterocycles. The zero-order valence-electron chi connectivity index (χ0n) is 11.3. The Morgan fingerprint density at radius 3 is 2.78 bits per heavy atom. The van der Waals surface area contributed by atoms with Gasteiger partial charge in [-0.3, -0.25) is 9.36 Å². The SMILES string of the molecule is O=c1c2cccc(Cl)c2ncn1Cc1nnn(CC(F)(F)F)n1. The lowest BCUT2D eigenvalue weighted by molar-refractivity contribution is -0.145. The fourth-order valence-electron chi connectivity index (χ4n) is 1.99. The molecule has 2 heterocycles. The Balaban J connectivity index is 1.91. The standard InChI is InChI=1S/C12H8ClF3N6O/c13-8-3-1-2-7-10(8)17-6-21(11(7)23)4-9-18-20-22(19-9)5-12(14,15)16/h1-3,6H,4-5H2. The number of hydrogen-bond acceptors (Lipinski definition) is 5. The normalized spacial score (nSPS) is 12.0. The van der Waals surface area contributed by atoms with Crippen LogP contribution >= 0.6 is 11.6 Å². The fraction of sp³-hybridized carbons (Fsp3) is 0.250. The molecule has 0 radical (unpaired) electrons. The first kappa shape index (κ1) is 15.4. The van der Waals surface area contributed by atoms with Crippen molar-refractivity contribution in [1.29, 1.82) is 0 Å². The van der Waals surface area contributed by atoms with Gasteiger partial charge in [0, 0.05) is 0 Å². The molecule has 120 valence electrons. The van der Waals surface area contributed by atoms with E-state index in [0.29, 0.717) is 20.7 Å². The van der Waals surface area contributed by atoms with Crippen LogP contribution in [-0.4, -0.2) is 35.9 Å². The van der Waals surface area contributed by atoms with E-state index >= 15 is 0 Å². The molecule has 0 fully saturated rings. The third-order valence-electron chi connectivity index (χ3n) is 2.93. The predicted octanol–water partition coefficient (Wildman–Crippen LogP) is 1.65. The van der Waals surface area contributed by atoms with Crippen molar-refractivity contribution in [3.63, 3.8) is 0 Å². The van der Waals surface area contributed by atoms with Crippen molar-refractivity contribution >= 4 is 22.5 Å². The fourth-order valence-corrected chi connectivity index (χ4v) is 2.21. The third kappa shape index (κ3) is 3.31. The Kier molecular flexibility index (Phi) is 3.76. The average Bonchev–Trinajstić information content (AvgIpc) is 2.88. The lowest BCUT2D eigenvalue weighted by Gasteiger charge is -2.05. The molecule has 0 N–H and O–H groups in total. The van der Waals surface area contributed by atoms with Crippen molar-refractivity contribution in [3.05, 3.63) is 45.7 Å². The Morgan fingerprint density at radius 2 is 2.04 bits per heavy atom. The van der Waals surface area contributed by atoms with Crippen LogP contribution in [0.2, 0.25) is 5.02 Å². The largest absolute Gasteiger partial charge is 0.409 e. The van der Waals surface area contributed by atoms with E-state index in [1.807, 2.05) is 0 Å². The molecular weight excluding hydrogens is 337 g/mol. The summed E-state index contributed by atoms with van der Waals surface area (Å²) in [6.45, 7) is -1.49. The maximum atomic E-state index is 12.3. The van der Waals surface area contributed by atoms with Crippen LogP contribution in [0.1, 0.15) is 5.82 Å². The first-order chi connectivity index (χ1) is 10.8. The van der Waals surface area contributed by atoms with Crippen LogP contribution in [0.25, 0.3) is 10.9 Å². The number of tetrazole rings is 1. The van der Waals surface area contributed by atoms with Crippen molar-refractivity contribution in [3.8, 4) is 0 Å². The smallest absolute Gasteiger partial charge is 0.291 e. The molecule has 0 saturated carbocycles. The first-order valence-electron chi connectivity index (χ1n) is 6.30. The number of aromatic nitrogens is 6. The average molecular weight is 345 g/mol. The first-order valence-corrected chi connectivity index (χ1v) is 6.68. The second kappa shape index (κ2) is 5.61. The van der Waals surface area contributed by atoms with Crippen molar-refractivity contribution in [1.82, 2.24) is 29.8 Å². The van der Waals surface area contributed by atoms with Gasteiger partial charge in [-0.15, -0.1) is 10.2 Å². The van der Waals surface area contributed by atoms with Crippen molar-refractivity contribution in [2.75, 3.05) is 0 Å². The van der Waals surface area contributed by atoms with Gasteiger partial charge in [0.1, 0.15) is 0 Å². The molecule has 0 aliphatic carbocycles. The summed E-state index contributed by atoms with van der Waals surface area (Å²) < 4.78 is 37.9. The number of fused-ring (bicyclic) bond motifs is 1. The molecule has 0 aliphatic rings. The van der Waals surface area contributed by atoms with Crippen LogP contribution < -0.4 is 5.56 Å². The monoisotopic (exact) mass is 344 g/mol. The van der Waals surface area contributed by atoms with Gasteiger partial charge in [0.25, 0.3) is 5.56 Å². The van der Waals surface area contributed by atoms with E-state index in [9.17, 15) is 18.0 Å². The summed E-state index contributed by atoms with van der Waals surface area (Å²) in [5, 5.41) is 11.0. The van der Waals surface area contributed by atoms with Crippen molar-refractivity contribution in [2.45, 2.75) is 19.3 Å². The van der Waals surface area contributed by atoms with E-state index in [4.69, 9.17) is 11.6 Å². The summed E-state index contributed by atoms with van der Waals surface area (Å²) in [7, 11) is 0. The summed E-state index contributed by atoms with van der Waals surface area (Å²) in [4.78, 5) is 16.8. The van der Waals surface area contributed by atoms with Crippen LogP contribution in [0.15, 0.2) is 29.3 Å². The molecule has 0 bridgehead atoms. The Bertz CT molecular complexity index is 919. The highest BCUT2D eigenvalue weighted by Gasteiger charge is 2.29. The van der Waals surface area contributed by atoms with Gasteiger partial charge in [-0.25, -0.2) is 4.98 Å². The molecule has 11 heteroatoms. The summed E-state index contributed by atoms with van der Waals surface area (Å²) in [6, 6.07) is 4.77. The molecule has 3 rings (SSSR count). The minimum absolute atomic E-state index is 0.0282. The quantitative estimate of drug-likeness (QED) is 0.722. The molecule has 7 nitrogen and oxygen atoms in total. The Labute approximate surface area is 131 Å². The number of rotatable bonds is 3.